The van der Waals surface area contributed by atoms with Crippen LogP contribution in [0, 0.1) is 0 Å². The summed E-state index contributed by atoms with van der Waals surface area (Å²) in [6.45, 7) is 3.38. The van der Waals surface area contributed by atoms with Crippen LogP contribution in [0.15, 0.2) is 42.9 Å². The predicted octanol–water partition coefficient (Wildman–Crippen LogP) is 2.96. The average molecular weight is 367 g/mol. The summed E-state index contributed by atoms with van der Waals surface area (Å²) < 4.78 is 0. The van der Waals surface area contributed by atoms with Crippen molar-refractivity contribution in [2.75, 3.05) is 11.9 Å². The molecule has 0 unspecified atom stereocenters. The zero-order valence-corrected chi connectivity index (χ0v) is 15.4. The molecule has 142 valence electrons. The number of aliphatic carboxylic acids is 1. The number of hydrogen-bond acceptors (Lipinski definition) is 5. The maximum Gasteiger partial charge on any atom is 0.321 e. The van der Waals surface area contributed by atoms with Gasteiger partial charge in [0, 0.05) is 54.6 Å². The van der Waals surface area contributed by atoms with Crippen molar-refractivity contribution in [2.45, 2.75) is 38.8 Å². The first-order valence-corrected chi connectivity index (χ1v) is 9.23. The number of benzene rings is 1. The van der Waals surface area contributed by atoms with Crippen molar-refractivity contribution in [1.29, 1.82) is 0 Å². The van der Waals surface area contributed by atoms with Crippen LogP contribution in [0.1, 0.15) is 30.9 Å². The molecule has 7 nitrogen and oxygen atoms in total. The number of carboxylic acid groups (broad SMARTS) is 1. The molecule has 2 aromatic heterocycles. The van der Waals surface area contributed by atoms with E-state index < -0.39 is 12.0 Å². The van der Waals surface area contributed by atoms with Gasteiger partial charge in [-0.15, -0.1) is 0 Å². The van der Waals surface area contributed by atoms with Gasteiger partial charge >= 0.3 is 5.97 Å². The van der Waals surface area contributed by atoms with Gasteiger partial charge in [0.15, 0.2) is 0 Å². The Bertz CT molecular complexity index is 875. The van der Waals surface area contributed by atoms with Crippen molar-refractivity contribution in [3.05, 3.63) is 54.0 Å². The third kappa shape index (κ3) is 5.04. The molecule has 0 spiro atoms. The molecule has 0 bridgehead atoms. The van der Waals surface area contributed by atoms with E-state index in [1.165, 1.54) is 0 Å². The standard InChI is InChI=1S/C20H25N5O2/c1-2-3-8-21-20-24-11-14(12-25-20)10-22-18(19(26)27)9-15-13-23-17-7-5-4-6-16(15)17/h4-7,11-13,18,22-23H,2-3,8-10H2,1H3,(H,26,27)(H,21,24,25)/t18-/m0/s1. The van der Waals surface area contributed by atoms with Gasteiger partial charge in [0.1, 0.15) is 6.04 Å². The monoisotopic (exact) mass is 367 g/mol. The molecule has 1 aromatic carbocycles. The number of hydrogen-bond donors (Lipinski definition) is 4. The van der Waals surface area contributed by atoms with E-state index in [1.54, 1.807) is 12.4 Å². The highest BCUT2D eigenvalue weighted by Gasteiger charge is 2.19. The first-order valence-electron chi connectivity index (χ1n) is 9.23. The minimum Gasteiger partial charge on any atom is -0.480 e. The number of nitrogens with zero attached hydrogens (tertiary/aromatic N) is 2. The van der Waals surface area contributed by atoms with Gasteiger partial charge in [-0.3, -0.25) is 10.1 Å². The van der Waals surface area contributed by atoms with Crippen molar-refractivity contribution >= 4 is 22.8 Å². The lowest BCUT2D eigenvalue weighted by atomic mass is 10.0. The molecular formula is C20H25N5O2. The smallest absolute Gasteiger partial charge is 0.321 e. The maximum atomic E-state index is 11.7. The van der Waals surface area contributed by atoms with Crippen molar-refractivity contribution in [1.82, 2.24) is 20.3 Å². The molecule has 0 fully saturated rings. The van der Waals surface area contributed by atoms with Crippen LogP contribution in [0.5, 0.6) is 0 Å². The number of nitrogens with one attached hydrogen (secondary N) is 3. The molecule has 0 aliphatic heterocycles. The minimum atomic E-state index is -0.876. The normalized spacial score (nSPS) is 12.2. The fraction of sp³-hybridized carbons (Fsp3) is 0.350. The van der Waals surface area contributed by atoms with E-state index in [-0.39, 0.29) is 0 Å². The zero-order valence-electron chi connectivity index (χ0n) is 15.4. The Kier molecular flexibility index (Phi) is 6.38. The van der Waals surface area contributed by atoms with Crippen LogP contribution in [-0.4, -0.2) is 38.6 Å². The average Bonchev–Trinajstić information content (AvgIpc) is 3.09. The molecular weight excluding hydrogens is 342 g/mol. The van der Waals surface area contributed by atoms with Crippen molar-refractivity contribution in [3.63, 3.8) is 0 Å². The van der Waals surface area contributed by atoms with Gasteiger partial charge in [0.2, 0.25) is 5.95 Å². The largest absolute Gasteiger partial charge is 0.480 e. The molecule has 3 aromatic rings. The fourth-order valence-corrected chi connectivity index (χ4v) is 2.92. The lowest BCUT2D eigenvalue weighted by Crippen LogP contribution is -2.38. The van der Waals surface area contributed by atoms with Crippen molar-refractivity contribution in [2.24, 2.45) is 0 Å². The van der Waals surface area contributed by atoms with Gasteiger partial charge in [-0.2, -0.15) is 0 Å². The number of carboxylic acids is 1. The maximum absolute atomic E-state index is 11.7. The van der Waals surface area contributed by atoms with E-state index in [1.807, 2.05) is 30.5 Å². The molecule has 3 rings (SSSR count). The van der Waals surface area contributed by atoms with Crippen LogP contribution >= 0.6 is 0 Å². The number of aromatic nitrogens is 3. The fourth-order valence-electron chi connectivity index (χ4n) is 2.92. The minimum absolute atomic E-state index is 0.397. The van der Waals surface area contributed by atoms with Crippen molar-refractivity contribution < 1.29 is 9.90 Å². The Balaban J connectivity index is 1.59. The Morgan fingerprint density at radius 2 is 2.04 bits per heavy atom. The molecule has 1 atom stereocenters. The second-order valence-corrected chi connectivity index (χ2v) is 6.53. The summed E-state index contributed by atoms with van der Waals surface area (Å²) in [6.07, 6.45) is 7.90. The molecule has 4 N–H and O–H groups in total. The Morgan fingerprint density at radius 1 is 1.26 bits per heavy atom. The second kappa shape index (κ2) is 9.14. The van der Waals surface area contributed by atoms with Gasteiger partial charge in [-0.1, -0.05) is 31.5 Å². The van der Waals surface area contributed by atoms with E-state index in [2.05, 4.69) is 32.5 Å². The number of aromatic amines is 1. The van der Waals surface area contributed by atoms with Gasteiger partial charge in [-0.05, 0) is 18.1 Å². The number of fused-ring (bicyclic) bond motifs is 1. The number of carbonyl (C=O) groups is 1. The molecule has 0 saturated heterocycles. The van der Waals surface area contributed by atoms with Crippen LogP contribution in [0.25, 0.3) is 10.9 Å². The molecule has 0 amide bonds. The molecule has 7 heteroatoms. The van der Waals surface area contributed by atoms with E-state index in [4.69, 9.17) is 0 Å². The third-order valence-electron chi connectivity index (χ3n) is 4.47. The molecule has 0 aliphatic rings. The Morgan fingerprint density at radius 3 is 2.78 bits per heavy atom. The van der Waals surface area contributed by atoms with E-state index in [9.17, 15) is 9.90 Å². The molecule has 2 heterocycles. The van der Waals surface area contributed by atoms with Crippen LogP contribution in [0.3, 0.4) is 0 Å². The van der Waals surface area contributed by atoms with Crippen LogP contribution in [-0.2, 0) is 17.8 Å². The first kappa shape index (κ1) is 18.8. The number of H-pyrrole nitrogens is 1. The number of unbranched alkanes of at least 4 members (excludes halogenated alkanes) is 1. The highest BCUT2D eigenvalue weighted by atomic mass is 16.4. The SMILES string of the molecule is CCCCNc1ncc(CN[C@@H](Cc2c[nH]c3ccccc23)C(=O)O)cn1. The lowest BCUT2D eigenvalue weighted by Gasteiger charge is -2.14. The summed E-state index contributed by atoms with van der Waals surface area (Å²) in [5.74, 6) is -0.278. The van der Waals surface area contributed by atoms with Gasteiger partial charge in [0.05, 0.1) is 0 Å². The highest BCUT2D eigenvalue weighted by Crippen LogP contribution is 2.19. The zero-order chi connectivity index (χ0) is 19.1. The summed E-state index contributed by atoms with van der Waals surface area (Å²) in [5.41, 5.74) is 2.84. The summed E-state index contributed by atoms with van der Waals surface area (Å²) in [5, 5.41) is 16.9. The highest BCUT2D eigenvalue weighted by molar-refractivity contribution is 5.84. The van der Waals surface area contributed by atoms with Gasteiger partial charge < -0.3 is 15.4 Å². The van der Waals surface area contributed by atoms with Gasteiger partial charge in [-0.25, -0.2) is 9.97 Å². The molecule has 27 heavy (non-hydrogen) atoms. The first-order chi connectivity index (χ1) is 13.2. The second-order valence-electron chi connectivity index (χ2n) is 6.53. The third-order valence-corrected chi connectivity index (χ3v) is 4.47. The van der Waals surface area contributed by atoms with E-state index >= 15 is 0 Å². The topological polar surface area (TPSA) is 103 Å². The van der Waals surface area contributed by atoms with E-state index in [0.717, 1.165) is 41.4 Å². The summed E-state index contributed by atoms with van der Waals surface area (Å²) in [6, 6.07) is 7.20. The molecule has 0 saturated carbocycles. The van der Waals surface area contributed by atoms with Crippen LogP contribution in [0.4, 0.5) is 5.95 Å². The van der Waals surface area contributed by atoms with Crippen LogP contribution in [0.2, 0.25) is 0 Å². The quantitative estimate of drug-likeness (QED) is 0.411. The Labute approximate surface area is 158 Å². The predicted molar refractivity (Wildman–Crippen MR) is 106 cm³/mol. The lowest BCUT2D eigenvalue weighted by molar-refractivity contribution is -0.139. The van der Waals surface area contributed by atoms with E-state index in [0.29, 0.717) is 18.9 Å². The number of anilines is 1. The number of rotatable bonds is 10. The van der Waals surface area contributed by atoms with Crippen molar-refractivity contribution in [3.8, 4) is 0 Å². The molecule has 0 aliphatic carbocycles. The summed E-state index contributed by atoms with van der Waals surface area (Å²) >= 11 is 0. The summed E-state index contributed by atoms with van der Waals surface area (Å²) in [7, 11) is 0. The number of para-hydroxylation sites is 1. The van der Waals surface area contributed by atoms with Crippen LogP contribution < -0.4 is 10.6 Å². The summed E-state index contributed by atoms with van der Waals surface area (Å²) in [4.78, 5) is 23.4. The van der Waals surface area contributed by atoms with Gasteiger partial charge in [0.25, 0.3) is 0 Å². The molecule has 0 radical (unpaired) electrons. The Hall–Kier alpha value is -2.93.